The number of hydrogen-bond donors (Lipinski definition) is 2. The molecule has 0 atom stereocenters. The third kappa shape index (κ3) is 4.38. The molecule has 2 aromatic rings. The molecule has 4 nitrogen and oxygen atoms in total. The van der Waals surface area contributed by atoms with E-state index in [9.17, 15) is 9.59 Å². The van der Waals surface area contributed by atoms with Gasteiger partial charge >= 0.3 is 0 Å². The van der Waals surface area contributed by atoms with Gasteiger partial charge in [0.15, 0.2) is 0 Å². The molecule has 0 aliphatic carbocycles. The van der Waals surface area contributed by atoms with Crippen molar-refractivity contribution < 1.29 is 9.59 Å². The summed E-state index contributed by atoms with van der Waals surface area (Å²) >= 11 is 1.49. The number of benzene rings is 2. The molecule has 0 spiro atoms. The van der Waals surface area contributed by atoms with Crippen LogP contribution in [-0.4, -0.2) is 17.6 Å². The molecular weight excluding hydrogens is 320 g/mol. The first-order valence-electron chi connectivity index (χ1n) is 7.74. The average molecular weight is 342 g/mol. The maximum atomic E-state index is 12.0. The number of carbonyl (C=O) groups excluding carboxylic acids is 2. The molecular formula is C19H22N2O2S. The maximum Gasteiger partial charge on any atom is 0.269 e. The molecule has 0 aliphatic heterocycles. The van der Waals surface area contributed by atoms with E-state index in [1.54, 1.807) is 24.3 Å². The van der Waals surface area contributed by atoms with E-state index in [-0.39, 0.29) is 17.6 Å². The van der Waals surface area contributed by atoms with E-state index in [0.29, 0.717) is 5.56 Å². The van der Waals surface area contributed by atoms with Gasteiger partial charge in [0.2, 0.25) is 5.91 Å². The summed E-state index contributed by atoms with van der Waals surface area (Å²) in [4.78, 5) is 25.0. The largest absolute Gasteiger partial charge is 0.272 e. The normalized spacial score (nSPS) is 10.3. The van der Waals surface area contributed by atoms with Gasteiger partial charge < -0.3 is 0 Å². The van der Waals surface area contributed by atoms with Crippen LogP contribution in [0.1, 0.15) is 32.6 Å². The van der Waals surface area contributed by atoms with Gasteiger partial charge in [-0.05, 0) is 62.1 Å². The number of hydrazine groups is 1. The molecule has 0 bridgehead atoms. The van der Waals surface area contributed by atoms with Gasteiger partial charge in [-0.2, -0.15) is 0 Å². The molecule has 0 heterocycles. The first kappa shape index (κ1) is 18.1. The van der Waals surface area contributed by atoms with Crippen molar-refractivity contribution in [3.05, 3.63) is 64.2 Å². The number of nitrogens with one attached hydrogen (secondary N) is 2. The molecule has 5 heteroatoms. The Labute approximate surface area is 147 Å². The highest BCUT2D eigenvalue weighted by molar-refractivity contribution is 8.00. The zero-order valence-corrected chi connectivity index (χ0v) is 15.2. The Balaban J connectivity index is 1.91. The minimum absolute atomic E-state index is 0.234. The van der Waals surface area contributed by atoms with Crippen LogP contribution in [-0.2, 0) is 4.79 Å². The number of thioether (sulfide) groups is 1. The highest BCUT2D eigenvalue weighted by Gasteiger charge is 2.12. The SMILES string of the molecule is Cc1cc(C)c(C)c(SCC(=O)NNC(=O)c2ccccc2)c1C. The van der Waals surface area contributed by atoms with Gasteiger partial charge in [0.1, 0.15) is 0 Å². The van der Waals surface area contributed by atoms with E-state index in [2.05, 4.69) is 44.6 Å². The quantitative estimate of drug-likeness (QED) is 0.661. The van der Waals surface area contributed by atoms with Gasteiger partial charge in [-0.25, -0.2) is 0 Å². The van der Waals surface area contributed by atoms with Gasteiger partial charge in [0, 0.05) is 10.5 Å². The fourth-order valence-electron chi connectivity index (χ4n) is 2.36. The highest BCUT2D eigenvalue weighted by Crippen LogP contribution is 2.30. The average Bonchev–Trinajstić information content (AvgIpc) is 2.58. The first-order valence-corrected chi connectivity index (χ1v) is 8.73. The molecule has 0 aliphatic rings. The molecule has 2 rings (SSSR count). The molecule has 24 heavy (non-hydrogen) atoms. The second-order valence-corrected chi connectivity index (χ2v) is 6.73. The Bertz CT molecular complexity index is 731. The second-order valence-electron chi connectivity index (χ2n) is 5.75. The fraction of sp³-hybridized carbons (Fsp3) is 0.263. The monoisotopic (exact) mass is 342 g/mol. The van der Waals surface area contributed by atoms with E-state index >= 15 is 0 Å². The number of hydrogen-bond acceptors (Lipinski definition) is 3. The van der Waals surface area contributed by atoms with Crippen LogP contribution in [0.15, 0.2) is 41.3 Å². The highest BCUT2D eigenvalue weighted by atomic mass is 32.2. The minimum atomic E-state index is -0.326. The summed E-state index contributed by atoms with van der Waals surface area (Å²) in [6, 6.07) is 10.9. The molecule has 2 amide bonds. The van der Waals surface area contributed by atoms with E-state index in [1.807, 2.05) is 6.07 Å². The lowest BCUT2D eigenvalue weighted by atomic mass is 10.0. The van der Waals surface area contributed by atoms with Gasteiger partial charge in [-0.15, -0.1) is 11.8 Å². The number of carbonyl (C=O) groups is 2. The third-order valence-electron chi connectivity index (χ3n) is 4.00. The summed E-state index contributed by atoms with van der Waals surface area (Å²) in [5.74, 6) is -0.311. The van der Waals surface area contributed by atoms with Crippen molar-refractivity contribution in [3.8, 4) is 0 Å². The molecule has 0 saturated heterocycles. The van der Waals surface area contributed by atoms with Crippen molar-refractivity contribution in [2.24, 2.45) is 0 Å². The predicted octanol–water partition coefficient (Wildman–Crippen LogP) is 3.47. The summed E-state index contributed by atoms with van der Waals surface area (Å²) in [6.45, 7) is 8.29. The Morgan fingerprint density at radius 1 is 0.917 bits per heavy atom. The summed E-state index contributed by atoms with van der Waals surface area (Å²) in [6.07, 6.45) is 0. The van der Waals surface area contributed by atoms with Crippen molar-refractivity contribution in [3.63, 3.8) is 0 Å². The van der Waals surface area contributed by atoms with Crippen LogP contribution in [0.3, 0.4) is 0 Å². The van der Waals surface area contributed by atoms with Crippen molar-refractivity contribution >= 4 is 23.6 Å². The van der Waals surface area contributed by atoms with Crippen LogP contribution in [0.5, 0.6) is 0 Å². The molecule has 2 N–H and O–H groups in total. The van der Waals surface area contributed by atoms with Crippen LogP contribution >= 0.6 is 11.8 Å². The zero-order chi connectivity index (χ0) is 17.7. The van der Waals surface area contributed by atoms with Crippen LogP contribution in [0.2, 0.25) is 0 Å². The maximum absolute atomic E-state index is 12.0. The van der Waals surface area contributed by atoms with E-state index in [1.165, 1.54) is 34.0 Å². The lowest BCUT2D eigenvalue weighted by Crippen LogP contribution is -2.42. The Hall–Kier alpha value is -2.27. The summed E-state index contributed by atoms with van der Waals surface area (Å²) < 4.78 is 0. The topological polar surface area (TPSA) is 58.2 Å². The number of amides is 2. The Morgan fingerprint density at radius 2 is 1.50 bits per heavy atom. The van der Waals surface area contributed by atoms with Crippen molar-refractivity contribution in [2.75, 3.05) is 5.75 Å². The van der Waals surface area contributed by atoms with Crippen LogP contribution in [0.25, 0.3) is 0 Å². The molecule has 0 unspecified atom stereocenters. The molecule has 0 aromatic heterocycles. The van der Waals surface area contributed by atoms with E-state index in [4.69, 9.17) is 0 Å². The molecule has 0 fully saturated rings. The molecule has 2 aromatic carbocycles. The van der Waals surface area contributed by atoms with Crippen molar-refractivity contribution in [2.45, 2.75) is 32.6 Å². The summed E-state index contributed by atoms with van der Waals surface area (Å²) in [5, 5.41) is 0. The van der Waals surface area contributed by atoms with Gasteiger partial charge in [-0.1, -0.05) is 24.3 Å². The minimum Gasteiger partial charge on any atom is -0.272 e. The zero-order valence-electron chi connectivity index (χ0n) is 14.4. The van der Waals surface area contributed by atoms with E-state index < -0.39 is 0 Å². The Kier molecular flexibility index (Phi) is 6.04. The molecule has 0 radical (unpaired) electrons. The van der Waals surface area contributed by atoms with E-state index in [0.717, 1.165) is 4.90 Å². The predicted molar refractivity (Wildman–Crippen MR) is 98.2 cm³/mol. The third-order valence-corrected chi connectivity index (χ3v) is 5.30. The smallest absolute Gasteiger partial charge is 0.269 e. The van der Waals surface area contributed by atoms with Crippen molar-refractivity contribution in [1.82, 2.24) is 10.9 Å². The molecule has 126 valence electrons. The number of aryl methyl sites for hydroxylation is 2. The Morgan fingerprint density at radius 3 is 2.08 bits per heavy atom. The van der Waals surface area contributed by atoms with Gasteiger partial charge in [0.25, 0.3) is 5.91 Å². The van der Waals surface area contributed by atoms with Crippen LogP contribution in [0.4, 0.5) is 0 Å². The van der Waals surface area contributed by atoms with Gasteiger partial charge in [0.05, 0.1) is 5.75 Å². The first-order chi connectivity index (χ1) is 11.4. The van der Waals surface area contributed by atoms with Crippen LogP contribution in [0, 0.1) is 27.7 Å². The lowest BCUT2D eigenvalue weighted by molar-refractivity contribution is -0.119. The summed E-state index contributed by atoms with van der Waals surface area (Å²) in [7, 11) is 0. The lowest BCUT2D eigenvalue weighted by Gasteiger charge is -2.14. The molecule has 0 saturated carbocycles. The fourth-order valence-corrected chi connectivity index (χ4v) is 3.46. The van der Waals surface area contributed by atoms with Gasteiger partial charge in [-0.3, -0.25) is 20.4 Å². The second kappa shape index (κ2) is 8.02. The summed E-state index contributed by atoms with van der Waals surface area (Å²) in [5.41, 5.74) is 10.2. The number of rotatable bonds is 4. The van der Waals surface area contributed by atoms with Crippen LogP contribution < -0.4 is 10.9 Å². The standard InChI is InChI=1S/C19H22N2O2S/c1-12-10-13(2)15(4)18(14(12)3)24-11-17(22)20-21-19(23)16-8-6-5-7-9-16/h5-10H,11H2,1-4H3,(H,20,22)(H,21,23). The van der Waals surface area contributed by atoms with Crippen molar-refractivity contribution in [1.29, 1.82) is 0 Å².